The highest BCUT2D eigenvalue weighted by Gasteiger charge is 2.17. The van der Waals surface area contributed by atoms with Crippen LogP contribution in [0.1, 0.15) is 58.8 Å². The molecule has 12 heavy (non-hydrogen) atoms. The molecule has 1 atom stereocenters. The van der Waals surface area contributed by atoms with Crippen LogP contribution < -0.4 is 0 Å². The summed E-state index contributed by atoms with van der Waals surface area (Å²) in [6.45, 7) is 4.69. The van der Waals surface area contributed by atoms with Gasteiger partial charge in [-0.25, -0.2) is 0 Å². The van der Waals surface area contributed by atoms with Crippen LogP contribution in [0.15, 0.2) is 0 Å². The van der Waals surface area contributed by atoms with E-state index in [0.29, 0.717) is 0 Å². The number of hydrogen-bond donors (Lipinski definition) is 0. The molecule has 1 heteroatoms. The summed E-state index contributed by atoms with van der Waals surface area (Å²) in [5, 5.41) is 1.92. The molecule has 0 aromatic carbocycles. The van der Waals surface area contributed by atoms with E-state index in [1.807, 2.05) is 0 Å². The molecule has 72 valence electrons. The quantitative estimate of drug-likeness (QED) is 0.619. The second-order valence-corrected chi connectivity index (χ2v) is 5.74. The van der Waals surface area contributed by atoms with Crippen molar-refractivity contribution in [2.24, 2.45) is 0 Å². The number of hydrogen-bond acceptors (Lipinski definition) is 1. The summed E-state index contributed by atoms with van der Waals surface area (Å²) in [6, 6.07) is 0. The SMILES string of the molecule is CCCCC(C)SC1CCCC1. The molecule has 1 unspecified atom stereocenters. The van der Waals surface area contributed by atoms with Gasteiger partial charge in [0.25, 0.3) is 0 Å². The maximum atomic E-state index is 2.40. The van der Waals surface area contributed by atoms with Crippen LogP contribution in [-0.4, -0.2) is 10.5 Å². The summed E-state index contributed by atoms with van der Waals surface area (Å²) in [6.07, 6.45) is 10.1. The largest absolute Gasteiger partial charge is 0.155 e. The first-order chi connectivity index (χ1) is 5.83. The molecular formula is C11H22S. The van der Waals surface area contributed by atoms with Crippen molar-refractivity contribution in [2.75, 3.05) is 0 Å². The third-order valence-corrected chi connectivity index (χ3v) is 4.25. The molecule has 1 rings (SSSR count). The smallest absolute Gasteiger partial charge is 0.00497 e. The van der Waals surface area contributed by atoms with Gasteiger partial charge in [-0.05, 0) is 19.3 Å². The van der Waals surface area contributed by atoms with Crippen LogP contribution in [0.25, 0.3) is 0 Å². The fraction of sp³-hybridized carbons (Fsp3) is 1.00. The molecule has 0 N–H and O–H groups in total. The van der Waals surface area contributed by atoms with Crippen molar-refractivity contribution in [3.05, 3.63) is 0 Å². The fourth-order valence-corrected chi connectivity index (χ4v) is 3.48. The average molecular weight is 186 g/mol. The van der Waals surface area contributed by atoms with Gasteiger partial charge in [0.05, 0.1) is 0 Å². The zero-order valence-electron chi connectivity index (χ0n) is 8.51. The van der Waals surface area contributed by atoms with Crippen LogP contribution in [0.3, 0.4) is 0 Å². The summed E-state index contributed by atoms with van der Waals surface area (Å²) in [7, 11) is 0. The normalized spacial score (nSPS) is 21.5. The van der Waals surface area contributed by atoms with Crippen molar-refractivity contribution in [1.82, 2.24) is 0 Å². The minimum atomic E-state index is 0.910. The Morgan fingerprint density at radius 3 is 2.58 bits per heavy atom. The van der Waals surface area contributed by atoms with E-state index in [2.05, 4.69) is 25.6 Å². The molecule has 0 aromatic rings. The third-order valence-electron chi connectivity index (χ3n) is 2.69. The predicted molar refractivity (Wildman–Crippen MR) is 58.8 cm³/mol. The molecule has 0 nitrogen and oxygen atoms in total. The van der Waals surface area contributed by atoms with Crippen LogP contribution in [-0.2, 0) is 0 Å². The van der Waals surface area contributed by atoms with Gasteiger partial charge in [-0.3, -0.25) is 0 Å². The highest BCUT2D eigenvalue weighted by molar-refractivity contribution is 8.00. The van der Waals surface area contributed by atoms with Crippen LogP contribution in [0.5, 0.6) is 0 Å². The van der Waals surface area contributed by atoms with Crippen LogP contribution in [0.2, 0.25) is 0 Å². The highest BCUT2D eigenvalue weighted by Crippen LogP contribution is 2.33. The molecular weight excluding hydrogens is 164 g/mol. The first-order valence-electron chi connectivity index (χ1n) is 5.48. The summed E-state index contributed by atoms with van der Waals surface area (Å²) in [5.41, 5.74) is 0. The second-order valence-electron chi connectivity index (χ2n) is 4.00. The summed E-state index contributed by atoms with van der Waals surface area (Å²) in [5.74, 6) is 0. The van der Waals surface area contributed by atoms with E-state index in [-0.39, 0.29) is 0 Å². The summed E-state index contributed by atoms with van der Waals surface area (Å²) >= 11 is 2.25. The maximum absolute atomic E-state index is 2.40. The number of unbranched alkanes of at least 4 members (excludes halogenated alkanes) is 1. The van der Waals surface area contributed by atoms with E-state index in [0.717, 1.165) is 10.5 Å². The minimum Gasteiger partial charge on any atom is -0.155 e. The number of rotatable bonds is 5. The fourth-order valence-electron chi connectivity index (χ4n) is 1.91. The maximum Gasteiger partial charge on any atom is 0.00497 e. The molecule has 0 radical (unpaired) electrons. The van der Waals surface area contributed by atoms with Crippen LogP contribution in [0, 0.1) is 0 Å². The van der Waals surface area contributed by atoms with Gasteiger partial charge in [0.1, 0.15) is 0 Å². The monoisotopic (exact) mass is 186 g/mol. The van der Waals surface area contributed by atoms with E-state index in [1.165, 1.54) is 44.9 Å². The molecule has 0 aliphatic heterocycles. The number of thioether (sulfide) groups is 1. The molecule has 0 heterocycles. The predicted octanol–water partition coefficient (Wildman–Crippen LogP) is 4.24. The Morgan fingerprint density at radius 1 is 1.33 bits per heavy atom. The van der Waals surface area contributed by atoms with Crippen molar-refractivity contribution < 1.29 is 0 Å². The molecule has 1 aliphatic rings. The summed E-state index contributed by atoms with van der Waals surface area (Å²) < 4.78 is 0. The molecule has 0 amide bonds. The third kappa shape index (κ3) is 3.84. The molecule has 1 fully saturated rings. The van der Waals surface area contributed by atoms with Gasteiger partial charge in [0.15, 0.2) is 0 Å². The molecule has 0 spiro atoms. The second kappa shape index (κ2) is 5.90. The first-order valence-corrected chi connectivity index (χ1v) is 6.42. The lowest BCUT2D eigenvalue weighted by Gasteiger charge is -2.15. The van der Waals surface area contributed by atoms with Crippen molar-refractivity contribution in [3.8, 4) is 0 Å². The van der Waals surface area contributed by atoms with Gasteiger partial charge in [0.2, 0.25) is 0 Å². The van der Waals surface area contributed by atoms with Crippen molar-refractivity contribution >= 4 is 11.8 Å². The van der Waals surface area contributed by atoms with Gasteiger partial charge in [-0.15, -0.1) is 0 Å². The van der Waals surface area contributed by atoms with Crippen molar-refractivity contribution in [3.63, 3.8) is 0 Å². The molecule has 1 aliphatic carbocycles. The lowest BCUT2D eigenvalue weighted by atomic mass is 10.2. The molecule has 0 bridgehead atoms. The van der Waals surface area contributed by atoms with E-state index in [4.69, 9.17) is 0 Å². The topological polar surface area (TPSA) is 0 Å². The Labute approximate surface area is 81.5 Å². The van der Waals surface area contributed by atoms with Crippen LogP contribution in [0.4, 0.5) is 0 Å². The van der Waals surface area contributed by atoms with Gasteiger partial charge in [-0.2, -0.15) is 11.8 Å². The zero-order valence-corrected chi connectivity index (χ0v) is 9.33. The Morgan fingerprint density at radius 2 is 2.00 bits per heavy atom. The molecule has 1 saturated carbocycles. The lowest BCUT2D eigenvalue weighted by molar-refractivity contribution is 0.709. The van der Waals surface area contributed by atoms with Gasteiger partial charge >= 0.3 is 0 Å². The Bertz CT molecular complexity index is 106. The Hall–Kier alpha value is 0.350. The van der Waals surface area contributed by atoms with E-state index >= 15 is 0 Å². The van der Waals surface area contributed by atoms with Gasteiger partial charge in [-0.1, -0.05) is 39.5 Å². The van der Waals surface area contributed by atoms with Crippen LogP contribution >= 0.6 is 11.8 Å². The van der Waals surface area contributed by atoms with Crippen molar-refractivity contribution in [1.29, 1.82) is 0 Å². The first kappa shape index (κ1) is 10.4. The zero-order chi connectivity index (χ0) is 8.81. The van der Waals surface area contributed by atoms with E-state index < -0.39 is 0 Å². The summed E-state index contributed by atoms with van der Waals surface area (Å²) in [4.78, 5) is 0. The Kier molecular flexibility index (Phi) is 5.13. The van der Waals surface area contributed by atoms with E-state index in [1.54, 1.807) is 0 Å². The minimum absolute atomic E-state index is 0.910. The van der Waals surface area contributed by atoms with Gasteiger partial charge < -0.3 is 0 Å². The van der Waals surface area contributed by atoms with Crippen molar-refractivity contribution in [2.45, 2.75) is 69.3 Å². The molecule has 0 saturated heterocycles. The van der Waals surface area contributed by atoms with E-state index in [9.17, 15) is 0 Å². The Balaban J connectivity index is 2.03. The standard InChI is InChI=1S/C11H22S/c1-3-4-7-10(2)12-11-8-5-6-9-11/h10-11H,3-9H2,1-2H3. The molecule has 0 aromatic heterocycles. The lowest BCUT2D eigenvalue weighted by Crippen LogP contribution is -2.04. The van der Waals surface area contributed by atoms with Gasteiger partial charge in [0, 0.05) is 10.5 Å². The highest BCUT2D eigenvalue weighted by atomic mass is 32.2. The average Bonchev–Trinajstić information content (AvgIpc) is 2.53.